The summed E-state index contributed by atoms with van der Waals surface area (Å²) < 4.78 is 0. The highest BCUT2D eigenvalue weighted by atomic mass is 16.3. The van der Waals surface area contributed by atoms with Crippen LogP contribution < -0.4 is 5.32 Å². The fourth-order valence-corrected chi connectivity index (χ4v) is 1.64. The number of imidazole rings is 1. The van der Waals surface area contributed by atoms with Crippen LogP contribution in [0.5, 0.6) is 0 Å². The van der Waals surface area contributed by atoms with Gasteiger partial charge < -0.3 is 20.5 Å². The molecule has 4 N–H and O–H groups in total. The van der Waals surface area contributed by atoms with Crippen LogP contribution in [0.15, 0.2) is 12.7 Å². The lowest BCUT2D eigenvalue weighted by atomic mass is 10.1. The molecule has 2 aromatic heterocycles. The van der Waals surface area contributed by atoms with Gasteiger partial charge in [0, 0.05) is 0 Å². The van der Waals surface area contributed by atoms with E-state index in [0.717, 1.165) is 0 Å². The first-order chi connectivity index (χ1) is 8.24. The van der Waals surface area contributed by atoms with Crippen LogP contribution in [-0.2, 0) is 0 Å². The molecule has 0 amide bonds. The second-order valence-electron chi connectivity index (χ2n) is 3.76. The van der Waals surface area contributed by atoms with Gasteiger partial charge in [-0.05, 0) is 20.0 Å². The zero-order chi connectivity index (χ0) is 12.3. The maximum absolute atomic E-state index is 10.0. The van der Waals surface area contributed by atoms with Gasteiger partial charge in [0.05, 0.1) is 12.4 Å². The fourth-order valence-electron chi connectivity index (χ4n) is 1.64. The third-order valence-corrected chi connectivity index (χ3v) is 2.59. The van der Waals surface area contributed by atoms with Crippen molar-refractivity contribution in [3.05, 3.63) is 18.3 Å². The molecule has 0 aliphatic heterocycles. The van der Waals surface area contributed by atoms with Crippen molar-refractivity contribution in [1.29, 1.82) is 0 Å². The Morgan fingerprint density at radius 3 is 2.94 bits per heavy atom. The summed E-state index contributed by atoms with van der Waals surface area (Å²) in [6.07, 6.45) is 1.33. The van der Waals surface area contributed by atoms with Gasteiger partial charge in [-0.3, -0.25) is 0 Å². The summed E-state index contributed by atoms with van der Waals surface area (Å²) in [5.74, 6) is 0. The number of aromatic amines is 1. The minimum absolute atomic E-state index is 0.371. The molecule has 7 nitrogen and oxygen atoms in total. The Balaban J connectivity index is 2.23. The molecule has 0 saturated carbocycles. The predicted molar refractivity (Wildman–Crippen MR) is 61.2 cm³/mol. The van der Waals surface area contributed by atoms with Gasteiger partial charge in [0.25, 0.3) is 0 Å². The van der Waals surface area contributed by atoms with Crippen molar-refractivity contribution in [2.45, 2.75) is 18.6 Å². The number of hydrogen-bond acceptors (Lipinski definition) is 6. The average Bonchev–Trinajstić information content (AvgIpc) is 2.82. The number of nitrogens with one attached hydrogen (secondary N) is 2. The van der Waals surface area contributed by atoms with Gasteiger partial charge in [-0.1, -0.05) is 0 Å². The van der Waals surface area contributed by atoms with Gasteiger partial charge >= 0.3 is 0 Å². The standard InChI is InChI=1S/C10H15N5O2/c1-11-3-2-6(16)9(17)7-8-10(14-4-12-7)15-5-13-8/h4-6,9,11,16-17H,2-3H2,1H3,(H,12,13,14,15). The molecular weight excluding hydrogens is 222 g/mol. The van der Waals surface area contributed by atoms with E-state index < -0.39 is 12.2 Å². The molecule has 7 heteroatoms. The van der Waals surface area contributed by atoms with Crippen molar-refractivity contribution in [2.24, 2.45) is 0 Å². The molecule has 0 bridgehead atoms. The molecule has 2 unspecified atom stereocenters. The molecule has 2 aromatic rings. The smallest absolute Gasteiger partial charge is 0.180 e. The molecule has 0 aromatic carbocycles. The quantitative estimate of drug-likeness (QED) is 0.551. The van der Waals surface area contributed by atoms with Crippen LogP contribution in [0.3, 0.4) is 0 Å². The van der Waals surface area contributed by atoms with Crippen molar-refractivity contribution >= 4 is 11.2 Å². The number of aromatic nitrogens is 4. The summed E-state index contributed by atoms with van der Waals surface area (Å²) in [7, 11) is 1.79. The summed E-state index contributed by atoms with van der Waals surface area (Å²) in [5.41, 5.74) is 1.41. The lowest BCUT2D eigenvalue weighted by molar-refractivity contribution is 0.0123. The Hall–Kier alpha value is -1.57. The minimum Gasteiger partial charge on any atom is -0.390 e. The van der Waals surface area contributed by atoms with E-state index in [0.29, 0.717) is 29.8 Å². The maximum atomic E-state index is 10.0. The van der Waals surface area contributed by atoms with E-state index in [9.17, 15) is 10.2 Å². The summed E-state index contributed by atoms with van der Waals surface area (Å²) in [5, 5.41) is 22.7. The molecule has 0 fully saturated rings. The van der Waals surface area contributed by atoms with Gasteiger partial charge in [-0.15, -0.1) is 0 Å². The molecule has 2 rings (SSSR count). The first-order valence-electron chi connectivity index (χ1n) is 5.38. The van der Waals surface area contributed by atoms with Gasteiger partial charge in [-0.2, -0.15) is 0 Å². The van der Waals surface area contributed by atoms with Crippen LogP contribution in [0, 0.1) is 0 Å². The number of aliphatic hydroxyl groups excluding tert-OH is 2. The van der Waals surface area contributed by atoms with E-state index >= 15 is 0 Å². The Labute approximate surface area is 97.9 Å². The van der Waals surface area contributed by atoms with E-state index in [1.54, 1.807) is 7.05 Å². The number of rotatable bonds is 5. The van der Waals surface area contributed by atoms with E-state index in [1.807, 2.05) is 0 Å². The zero-order valence-corrected chi connectivity index (χ0v) is 9.46. The lowest BCUT2D eigenvalue weighted by Gasteiger charge is -2.17. The number of H-pyrrole nitrogens is 1. The third-order valence-electron chi connectivity index (χ3n) is 2.59. The molecule has 2 heterocycles. The minimum atomic E-state index is -1.05. The first kappa shape index (κ1) is 11.9. The van der Waals surface area contributed by atoms with Crippen LogP contribution in [0.25, 0.3) is 11.2 Å². The number of fused-ring (bicyclic) bond motifs is 1. The molecule has 0 aliphatic rings. The first-order valence-corrected chi connectivity index (χ1v) is 5.38. The van der Waals surface area contributed by atoms with Crippen LogP contribution >= 0.6 is 0 Å². The van der Waals surface area contributed by atoms with Crippen LogP contribution in [-0.4, -0.2) is 49.8 Å². The van der Waals surface area contributed by atoms with Gasteiger partial charge in [-0.25, -0.2) is 15.0 Å². The van der Waals surface area contributed by atoms with Crippen LogP contribution in [0.1, 0.15) is 18.2 Å². The maximum Gasteiger partial charge on any atom is 0.180 e. The third kappa shape index (κ3) is 2.41. The Morgan fingerprint density at radius 1 is 1.35 bits per heavy atom. The molecule has 0 saturated heterocycles. The molecule has 0 spiro atoms. The highest BCUT2D eigenvalue weighted by Gasteiger charge is 2.22. The van der Waals surface area contributed by atoms with E-state index in [1.165, 1.54) is 12.7 Å². The summed E-state index contributed by atoms with van der Waals surface area (Å²) >= 11 is 0. The van der Waals surface area contributed by atoms with Gasteiger partial charge in [0.2, 0.25) is 0 Å². The summed E-state index contributed by atoms with van der Waals surface area (Å²) in [6.45, 7) is 0.620. The molecular formula is C10H15N5O2. The highest BCUT2D eigenvalue weighted by molar-refractivity contribution is 5.72. The summed E-state index contributed by atoms with van der Waals surface area (Å²) in [4.78, 5) is 14.8. The van der Waals surface area contributed by atoms with Crippen molar-refractivity contribution in [3.63, 3.8) is 0 Å². The van der Waals surface area contributed by atoms with E-state index in [4.69, 9.17) is 0 Å². The second kappa shape index (κ2) is 5.17. The van der Waals surface area contributed by atoms with Gasteiger partial charge in [0.15, 0.2) is 5.65 Å². The zero-order valence-electron chi connectivity index (χ0n) is 9.46. The largest absolute Gasteiger partial charge is 0.390 e. The normalized spacial score (nSPS) is 15.0. The fraction of sp³-hybridized carbons (Fsp3) is 0.500. The Kier molecular flexibility index (Phi) is 3.62. The van der Waals surface area contributed by atoms with Crippen LogP contribution in [0.2, 0.25) is 0 Å². The average molecular weight is 237 g/mol. The van der Waals surface area contributed by atoms with Crippen molar-refractivity contribution in [3.8, 4) is 0 Å². The Morgan fingerprint density at radius 2 is 2.18 bits per heavy atom. The summed E-state index contributed by atoms with van der Waals surface area (Å²) in [6, 6.07) is 0. The Bertz CT molecular complexity index is 486. The second-order valence-corrected chi connectivity index (χ2v) is 3.76. The molecule has 92 valence electrons. The highest BCUT2D eigenvalue weighted by Crippen LogP contribution is 2.21. The monoisotopic (exact) mass is 237 g/mol. The van der Waals surface area contributed by atoms with Crippen molar-refractivity contribution in [2.75, 3.05) is 13.6 Å². The number of nitrogens with zero attached hydrogens (tertiary/aromatic N) is 3. The van der Waals surface area contributed by atoms with E-state index in [-0.39, 0.29) is 0 Å². The van der Waals surface area contributed by atoms with E-state index in [2.05, 4.69) is 25.3 Å². The van der Waals surface area contributed by atoms with Crippen molar-refractivity contribution < 1.29 is 10.2 Å². The number of aliphatic hydroxyl groups is 2. The van der Waals surface area contributed by atoms with Crippen LogP contribution in [0.4, 0.5) is 0 Å². The molecule has 17 heavy (non-hydrogen) atoms. The molecule has 2 atom stereocenters. The lowest BCUT2D eigenvalue weighted by Crippen LogP contribution is -2.24. The topological polar surface area (TPSA) is 107 Å². The van der Waals surface area contributed by atoms with Gasteiger partial charge in [0.1, 0.15) is 23.6 Å². The van der Waals surface area contributed by atoms with Crippen molar-refractivity contribution in [1.82, 2.24) is 25.3 Å². The molecule has 0 radical (unpaired) electrons. The SMILES string of the molecule is CNCCC(O)C(O)c1ncnc2nc[nH]c12. The predicted octanol–water partition coefficient (Wildman–Crippen LogP) is -0.643. The number of hydrogen-bond donors (Lipinski definition) is 4. The molecule has 0 aliphatic carbocycles.